The van der Waals surface area contributed by atoms with Gasteiger partial charge in [-0.2, -0.15) is 17.9 Å². The number of furan rings is 1. The van der Waals surface area contributed by atoms with Crippen molar-refractivity contribution in [3.8, 4) is 0 Å². The summed E-state index contributed by atoms with van der Waals surface area (Å²) in [7, 11) is -7.28. The second-order valence-electron chi connectivity index (χ2n) is 6.96. The van der Waals surface area contributed by atoms with Crippen molar-refractivity contribution in [2.45, 2.75) is 24.3 Å². The number of rotatable bonds is 7. The molecule has 0 bridgehead atoms. The fourth-order valence-electron chi connectivity index (χ4n) is 3.26. The average Bonchev–Trinajstić information content (AvgIpc) is 3.45. The predicted octanol–water partition coefficient (Wildman–Crippen LogP) is 3.58. The number of hydrogen-bond acceptors (Lipinski definition) is 6. The van der Waals surface area contributed by atoms with Gasteiger partial charge in [-0.3, -0.25) is 4.72 Å². The van der Waals surface area contributed by atoms with Crippen molar-refractivity contribution in [2.24, 2.45) is 5.10 Å². The summed E-state index contributed by atoms with van der Waals surface area (Å²) < 4.78 is 59.1. The Labute approximate surface area is 181 Å². The van der Waals surface area contributed by atoms with E-state index < -0.39 is 26.1 Å². The fourth-order valence-corrected chi connectivity index (χ4v) is 5.34. The summed E-state index contributed by atoms with van der Waals surface area (Å²) in [4.78, 5) is 0.140. The molecular formula is C21H21N3O5S2. The van der Waals surface area contributed by atoms with E-state index in [0.29, 0.717) is 29.1 Å². The van der Waals surface area contributed by atoms with Gasteiger partial charge in [0.1, 0.15) is 11.8 Å². The summed E-state index contributed by atoms with van der Waals surface area (Å²) in [5.74, 6) is 0.462. The Morgan fingerprint density at radius 3 is 2.32 bits per heavy atom. The molecule has 0 radical (unpaired) electrons. The molecule has 0 unspecified atom stereocenters. The Kier molecular flexibility index (Phi) is 5.59. The van der Waals surface area contributed by atoms with Gasteiger partial charge < -0.3 is 4.42 Å². The SMILES string of the molecule is CCS(=O)(=O)Nc1ccc(C2=NN(S(=O)(=O)c3ccccc3)[C@H](c3ccco3)C2)cc1. The summed E-state index contributed by atoms with van der Waals surface area (Å²) in [6, 6.07) is 17.6. The highest BCUT2D eigenvalue weighted by molar-refractivity contribution is 7.92. The average molecular weight is 460 g/mol. The van der Waals surface area contributed by atoms with E-state index in [1.54, 1.807) is 61.5 Å². The predicted molar refractivity (Wildman–Crippen MR) is 118 cm³/mol. The van der Waals surface area contributed by atoms with E-state index in [1.807, 2.05) is 0 Å². The maximum atomic E-state index is 13.3. The molecule has 0 spiro atoms. The van der Waals surface area contributed by atoms with Crippen molar-refractivity contribution in [3.05, 3.63) is 84.3 Å². The Morgan fingerprint density at radius 2 is 1.71 bits per heavy atom. The first-order chi connectivity index (χ1) is 14.8. The van der Waals surface area contributed by atoms with Crippen molar-refractivity contribution in [2.75, 3.05) is 10.5 Å². The Morgan fingerprint density at radius 1 is 1.00 bits per heavy atom. The van der Waals surface area contributed by atoms with E-state index in [-0.39, 0.29) is 10.6 Å². The largest absolute Gasteiger partial charge is 0.467 e. The second kappa shape index (κ2) is 8.20. The fraction of sp³-hybridized carbons (Fsp3) is 0.190. The van der Waals surface area contributed by atoms with Crippen LogP contribution in [0.1, 0.15) is 30.7 Å². The third-order valence-electron chi connectivity index (χ3n) is 4.90. The molecule has 0 saturated carbocycles. The minimum atomic E-state index is -3.90. The standard InChI is InChI=1S/C21H21N3O5S2/c1-2-30(25,26)23-17-12-10-16(11-13-17)19-15-20(21-9-6-14-29-21)24(22-19)31(27,28)18-7-4-3-5-8-18/h3-14,20,23H,2,15H2,1H3/t20-/m0/s1. The van der Waals surface area contributed by atoms with E-state index in [1.165, 1.54) is 18.4 Å². The van der Waals surface area contributed by atoms with E-state index >= 15 is 0 Å². The maximum Gasteiger partial charge on any atom is 0.279 e. The smallest absolute Gasteiger partial charge is 0.279 e. The van der Waals surface area contributed by atoms with E-state index in [0.717, 1.165) is 4.41 Å². The van der Waals surface area contributed by atoms with Crippen LogP contribution in [0.5, 0.6) is 0 Å². The molecule has 162 valence electrons. The van der Waals surface area contributed by atoms with Crippen molar-refractivity contribution >= 4 is 31.4 Å². The highest BCUT2D eigenvalue weighted by atomic mass is 32.2. The van der Waals surface area contributed by atoms with Crippen LogP contribution in [0.25, 0.3) is 0 Å². The molecule has 1 N–H and O–H groups in total. The van der Waals surface area contributed by atoms with Crippen molar-refractivity contribution < 1.29 is 21.3 Å². The van der Waals surface area contributed by atoms with Crippen LogP contribution in [0, 0.1) is 0 Å². The molecule has 31 heavy (non-hydrogen) atoms. The van der Waals surface area contributed by atoms with Crippen LogP contribution >= 0.6 is 0 Å². The molecule has 2 aromatic carbocycles. The monoisotopic (exact) mass is 459 g/mol. The quantitative estimate of drug-likeness (QED) is 0.581. The second-order valence-corrected chi connectivity index (χ2v) is 10.8. The molecule has 0 fully saturated rings. The molecule has 4 rings (SSSR count). The minimum Gasteiger partial charge on any atom is -0.467 e. The molecule has 0 amide bonds. The molecule has 0 saturated heterocycles. The number of hydrazone groups is 1. The zero-order valence-electron chi connectivity index (χ0n) is 16.7. The molecule has 8 nitrogen and oxygen atoms in total. The van der Waals surface area contributed by atoms with E-state index in [4.69, 9.17) is 4.42 Å². The van der Waals surface area contributed by atoms with Gasteiger partial charge in [-0.25, -0.2) is 8.42 Å². The summed E-state index contributed by atoms with van der Waals surface area (Å²) in [5.41, 5.74) is 1.69. The Hall–Kier alpha value is -3.11. The number of nitrogens with zero attached hydrogens (tertiary/aromatic N) is 2. The summed E-state index contributed by atoms with van der Waals surface area (Å²) >= 11 is 0. The van der Waals surface area contributed by atoms with Gasteiger partial charge in [0.25, 0.3) is 10.0 Å². The van der Waals surface area contributed by atoms with Crippen molar-refractivity contribution in [1.29, 1.82) is 0 Å². The number of benzene rings is 2. The van der Waals surface area contributed by atoms with Gasteiger partial charge in [-0.15, -0.1) is 0 Å². The van der Waals surface area contributed by atoms with Gasteiger partial charge in [0.05, 0.1) is 22.6 Å². The van der Waals surface area contributed by atoms with Gasteiger partial charge in [0.2, 0.25) is 10.0 Å². The first-order valence-corrected chi connectivity index (χ1v) is 12.7. The summed E-state index contributed by atoms with van der Waals surface area (Å²) in [5, 5.41) is 4.43. The van der Waals surface area contributed by atoms with Gasteiger partial charge in [-0.05, 0) is 48.9 Å². The van der Waals surface area contributed by atoms with E-state index in [9.17, 15) is 16.8 Å². The number of anilines is 1. The third kappa shape index (κ3) is 4.35. The van der Waals surface area contributed by atoms with Crippen molar-refractivity contribution in [3.63, 3.8) is 0 Å². The zero-order valence-corrected chi connectivity index (χ0v) is 18.3. The molecule has 3 aromatic rings. The minimum absolute atomic E-state index is 0.0292. The maximum absolute atomic E-state index is 13.3. The lowest BCUT2D eigenvalue weighted by Crippen LogP contribution is -2.27. The molecule has 2 heterocycles. The lowest BCUT2D eigenvalue weighted by molar-refractivity contribution is 0.320. The Bertz CT molecular complexity index is 1280. The highest BCUT2D eigenvalue weighted by Crippen LogP contribution is 2.37. The van der Waals surface area contributed by atoms with Crippen LogP contribution in [-0.2, 0) is 20.0 Å². The number of sulfonamides is 2. The first kappa shape index (κ1) is 21.1. The topological polar surface area (TPSA) is 109 Å². The van der Waals surface area contributed by atoms with Crippen LogP contribution in [0.3, 0.4) is 0 Å². The van der Waals surface area contributed by atoms with Crippen LogP contribution in [-0.4, -0.2) is 32.7 Å². The van der Waals surface area contributed by atoms with Gasteiger partial charge in [0, 0.05) is 12.1 Å². The molecule has 1 atom stereocenters. The number of nitrogens with one attached hydrogen (secondary N) is 1. The highest BCUT2D eigenvalue weighted by Gasteiger charge is 2.39. The van der Waals surface area contributed by atoms with Gasteiger partial charge in [0.15, 0.2) is 0 Å². The van der Waals surface area contributed by atoms with E-state index in [2.05, 4.69) is 9.82 Å². The lowest BCUT2D eigenvalue weighted by Gasteiger charge is -2.21. The summed E-state index contributed by atoms with van der Waals surface area (Å²) in [6.45, 7) is 1.56. The van der Waals surface area contributed by atoms with Gasteiger partial charge >= 0.3 is 0 Å². The molecular weight excluding hydrogens is 438 g/mol. The molecule has 1 aliphatic heterocycles. The Balaban J connectivity index is 1.68. The molecule has 1 aromatic heterocycles. The molecule has 1 aliphatic rings. The van der Waals surface area contributed by atoms with Crippen LogP contribution < -0.4 is 4.72 Å². The van der Waals surface area contributed by atoms with Crippen LogP contribution in [0.4, 0.5) is 5.69 Å². The molecule has 10 heteroatoms. The zero-order chi connectivity index (χ0) is 22.1. The van der Waals surface area contributed by atoms with Crippen molar-refractivity contribution in [1.82, 2.24) is 4.41 Å². The number of hydrogen-bond donors (Lipinski definition) is 1. The lowest BCUT2D eigenvalue weighted by atomic mass is 10.0. The van der Waals surface area contributed by atoms with Crippen LogP contribution in [0.15, 0.2) is 87.4 Å². The van der Waals surface area contributed by atoms with Crippen LogP contribution in [0.2, 0.25) is 0 Å². The molecule has 0 aliphatic carbocycles. The normalized spacial score (nSPS) is 16.9. The third-order valence-corrected chi connectivity index (χ3v) is 7.91. The van der Waals surface area contributed by atoms with Gasteiger partial charge in [-0.1, -0.05) is 30.3 Å². The summed E-state index contributed by atoms with van der Waals surface area (Å²) in [6.07, 6.45) is 1.81. The first-order valence-electron chi connectivity index (χ1n) is 9.61.